The van der Waals surface area contributed by atoms with Crippen LogP contribution in [0.3, 0.4) is 0 Å². The minimum atomic E-state index is 1.32. The molecule has 0 bridgehead atoms. The Balaban J connectivity index is 0.000000659. The van der Waals surface area contributed by atoms with Crippen LogP contribution in [0.5, 0.6) is 0 Å². The lowest BCUT2D eigenvalue weighted by molar-refractivity contribution is 0.933. The molecule has 0 aliphatic heterocycles. The van der Waals surface area contributed by atoms with Crippen LogP contribution in [0.2, 0.25) is 0 Å². The van der Waals surface area contributed by atoms with Gasteiger partial charge in [-0.05, 0) is 31.0 Å². The number of aromatic nitrogens is 1. The van der Waals surface area contributed by atoms with Gasteiger partial charge in [0.05, 0.1) is 5.69 Å². The van der Waals surface area contributed by atoms with Gasteiger partial charge in [-0.25, -0.2) is 0 Å². The van der Waals surface area contributed by atoms with Gasteiger partial charge in [-0.15, -0.1) is 0 Å². The van der Waals surface area contributed by atoms with Crippen LogP contribution in [0.25, 0.3) is 11.3 Å². The first kappa shape index (κ1) is 16.5. The minimum absolute atomic E-state index is 1.32. The molecule has 1 aromatic carbocycles. The lowest BCUT2D eigenvalue weighted by Gasteiger charge is -2.08. The van der Waals surface area contributed by atoms with E-state index in [1.807, 2.05) is 27.7 Å². The maximum atomic E-state index is 2.18. The minimum Gasteiger partial charge on any atom is -0.350 e. The average molecular weight is 245 g/mol. The average Bonchev–Trinajstić information content (AvgIpc) is 2.75. The van der Waals surface area contributed by atoms with Crippen molar-refractivity contribution in [1.82, 2.24) is 4.57 Å². The van der Waals surface area contributed by atoms with Crippen LogP contribution in [-0.4, -0.2) is 4.57 Å². The maximum Gasteiger partial charge on any atom is 0.0510 e. The van der Waals surface area contributed by atoms with Crippen molar-refractivity contribution in [2.24, 2.45) is 7.05 Å². The van der Waals surface area contributed by atoms with E-state index in [0.717, 1.165) is 0 Å². The summed E-state index contributed by atoms with van der Waals surface area (Å²) in [6.45, 7) is 12.3. The fourth-order valence-electron chi connectivity index (χ4n) is 1.90. The molecule has 1 heterocycles. The summed E-state index contributed by atoms with van der Waals surface area (Å²) in [5, 5.41) is 0. The largest absolute Gasteiger partial charge is 0.350 e. The third-order valence-electron chi connectivity index (χ3n) is 2.67. The summed E-state index contributed by atoms with van der Waals surface area (Å²) in [5.41, 5.74) is 5.32. The molecule has 0 amide bonds. The Morgan fingerprint density at radius 2 is 1.33 bits per heavy atom. The second-order valence-corrected chi connectivity index (χ2v) is 3.77. The summed E-state index contributed by atoms with van der Waals surface area (Å²) in [4.78, 5) is 0. The van der Waals surface area contributed by atoms with Crippen molar-refractivity contribution in [2.75, 3.05) is 0 Å². The van der Waals surface area contributed by atoms with Crippen molar-refractivity contribution >= 4 is 0 Å². The van der Waals surface area contributed by atoms with Crippen LogP contribution >= 0.6 is 0 Å². The van der Waals surface area contributed by atoms with Crippen molar-refractivity contribution in [2.45, 2.75) is 41.5 Å². The van der Waals surface area contributed by atoms with Crippen LogP contribution in [0.4, 0.5) is 0 Å². The van der Waals surface area contributed by atoms with Crippen molar-refractivity contribution < 1.29 is 0 Å². The molecule has 100 valence electrons. The summed E-state index contributed by atoms with van der Waals surface area (Å²) < 4.78 is 2.18. The second-order valence-electron chi connectivity index (χ2n) is 3.77. The molecule has 1 heteroatoms. The van der Waals surface area contributed by atoms with Crippen molar-refractivity contribution in [3.8, 4) is 11.3 Å². The van der Waals surface area contributed by atoms with E-state index in [2.05, 4.69) is 62.0 Å². The first-order valence-electron chi connectivity index (χ1n) is 6.88. The topological polar surface area (TPSA) is 4.93 Å². The first-order chi connectivity index (χ1) is 8.70. The lowest BCUT2D eigenvalue weighted by Crippen LogP contribution is -1.92. The van der Waals surface area contributed by atoms with Crippen molar-refractivity contribution in [3.63, 3.8) is 0 Å². The van der Waals surface area contributed by atoms with Crippen LogP contribution < -0.4 is 0 Å². The van der Waals surface area contributed by atoms with Gasteiger partial charge in [0.1, 0.15) is 0 Å². The monoisotopic (exact) mass is 245 g/mol. The smallest absolute Gasteiger partial charge is 0.0510 e. The maximum absolute atomic E-state index is 2.18. The quantitative estimate of drug-likeness (QED) is 0.637. The predicted octanol–water partition coefficient (Wildman–Crippen LogP) is 5.36. The molecule has 0 aliphatic rings. The molecule has 0 fully saturated rings. The highest BCUT2D eigenvalue weighted by molar-refractivity contribution is 5.67. The second kappa shape index (κ2) is 8.57. The zero-order valence-electron chi connectivity index (χ0n) is 12.9. The van der Waals surface area contributed by atoms with Gasteiger partial charge in [-0.3, -0.25) is 0 Å². The highest BCUT2D eigenvalue weighted by Gasteiger charge is 2.07. The molecule has 0 N–H and O–H groups in total. The van der Waals surface area contributed by atoms with E-state index in [1.165, 1.54) is 22.4 Å². The Morgan fingerprint density at radius 1 is 0.778 bits per heavy atom. The van der Waals surface area contributed by atoms with E-state index in [1.54, 1.807) is 0 Å². The van der Waals surface area contributed by atoms with Crippen LogP contribution in [0.15, 0.2) is 36.5 Å². The number of nitrogens with zero attached hydrogens (tertiary/aromatic N) is 1. The van der Waals surface area contributed by atoms with E-state index in [0.29, 0.717) is 0 Å². The highest BCUT2D eigenvalue weighted by Crippen LogP contribution is 2.26. The summed E-state index contributed by atoms with van der Waals surface area (Å²) in [6, 6.07) is 10.7. The Morgan fingerprint density at radius 3 is 1.78 bits per heavy atom. The van der Waals surface area contributed by atoms with Gasteiger partial charge in [0.15, 0.2) is 0 Å². The van der Waals surface area contributed by atoms with Crippen LogP contribution in [0, 0.1) is 13.8 Å². The van der Waals surface area contributed by atoms with Gasteiger partial charge in [-0.1, -0.05) is 52.0 Å². The Bertz CT molecular complexity index is 433. The van der Waals surface area contributed by atoms with E-state index in [4.69, 9.17) is 0 Å². The van der Waals surface area contributed by atoms with Crippen molar-refractivity contribution in [3.05, 3.63) is 47.7 Å². The molecule has 18 heavy (non-hydrogen) atoms. The first-order valence-corrected chi connectivity index (χ1v) is 6.88. The van der Waals surface area contributed by atoms with Crippen molar-refractivity contribution in [1.29, 1.82) is 0 Å². The molecule has 1 nitrogen and oxygen atoms in total. The normalized spacial score (nSPS) is 8.83. The van der Waals surface area contributed by atoms with Crippen LogP contribution in [0.1, 0.15) is 38.8 Å². The molecule has 0 aliphatic carbocycles. The number of hydrogen-bond acceptors (Lipinski definition) is 0. The Hall–Kier alpha value is -1.50. The Labute approximate surface area is 112 Å². The molecule has 2 aromatic rings. The molecule has 2 rings (SSSR count). The van der Waals surface area contributed by atoms with Gasteiger partial charge in [-0.2, -0.15) is 0 Å². The number of aryl methyl sites for hydroxylation is 3. The van der Waals surface area contributed by atoms with E-state index in [-0.39, 0.29) is 0 Å². The summed E-state index contributed by atoms with van der Waals surface area (Å²) in [7, 11) is 2.09. The van der Waals surface area contributed by atoms with E-state index < -0.39 is 0 Å². The molecular formula is C17H27N. The SMILES string of the molecule is CC.CC.Cc1ccccc1-c1c(C)ccn1C. The van der Waals surface area contributed by atoms with Gasteiger partial charge in [0.25, 0.3) is 0 Å². The number of hydrogen-bond donors (Lipinski definition) is 0. The van der Waals surface area contributed by atoms with Gasteiger partial charge < -0.3 is 4.57 Å². The van der Waals surface area contributed by atoms with E-state index >= 15 is 0 Å². The van der Waals surface area contributed by atoms with Gasteiger partial charge in [0.2, 0.25) is 0 Å². The standard InChI is InChI=1S/C13H15N.2C2H6/c1-10-6-4-5-7-12(10)13-11(2)8-9-14(13)3;2*1-2/h4-9H,1-3H3;2*1-2H3. The molecule has 1 aromatic heterocycles. The Kier molecular flexibility index (Phi) is 7.86. The fraction of sp³-hybridized carbons (Fsp3) is 0.412. The van der Waals surface area contributed by atoms with Crippen LogP contribution in [-0.2, 0) is 7.05 Å². The van der Waals surface area contributed by atoms with E-state index in [9.17, 15) is 0 Å². The highest BCUT2D eigenvalue weighted by atomic mass is 14.9. The van der Waals surface area contributed by atoms with Gasteiger partial charge in [0, 0.05) is 18.8 Å². The summed E-state index contributed by atoms with van der Waals surface area (Å²) >= 11 is 0. The molecule has 0 atom stereocenters. The number of benzene rings is 1. The summed E-state index contributed by atoms with van der Waals surface area (Å²) in [5.74, 6) is 0. The molecule has 0 saturated heterocycles. The third kappa shape index (κ3) is 3.76. The third-order valence-corrected chi connectivity index (χ3v) is 2.67. The molecule has 0 saturated carbocycles. The predicted molar refractivity (Wildman–Crippen MR) is 83.0 cm³/mol. The number of rotatable bonds is 1. The summed E-state index contributed by atoms with van der Waals surface area (Å²) in [6.07, 6.45) is 2.11. The molecular weight excluding hydrogens is 218 g/mol. The zero-order valence-corrected chi connectivity index (χ0v) is 12.9. The lowest BCUT2D eigenvalue weighted by atomic mass is 10.0. The molecule has 0 spiro atoms. The molecule has 0 radical (unpaired) electrons. The zero-order chi connectivity index (χ0) is 14.1. The fourth-order valence-corrected chi connectivity index (χ4v) is 1.90. The molecule has 0 unspecified atom stereocenters. The van der Waals surface area contributed by atoms with Gasteiger partial charge >= 0.3 is 0 Å².